The molecular formula is C12H13NO. The molecule has 0 aromatic heterocycles. The summed E-state index contributed by atoms with van der Waals surface area (Å²) in [5, 5.41) is 0. The fourth-order valence-electron chi connectivity index (χ4n) is 2.11. The third-order valence-corrected chi connectivity index (χ3v) is 2.66. The van der Waals surface area contributed by atoms with Crippen molar-refractivity contribution in [2.45, 2.75) is 19.8 Å². The van der Waals surface area contributed by atoms with Gasteiger partial charge in [-0.3, -0.25) is 4.79 Å². The molecule has 1 aromatic rings. The number of amides is 1. The van der Waals surface area contributed by atoms with E-state index in [0.29, 0.717) is 0 Å². The molecule has 0 saturated heterocycles. The van der Waals surface area contributed by atoms with Crippen molar-refractivity contribution in [2.24, 2.45) is 5.73 Å². The third kappa shape index (κ3) is 1.43. The molecule has 2 N–H and O–H groups in total. The number of aryl methyl sites for hydroxylation is 2. The fraction of sp³-hybridized carbons (Fsp3) is 0.250. The lowest BCUT2D eigenvalue weighted by atomic mass is 10.0. The van der Waals surface area contributed by atoms with Gasteiger partial charge < -0.3 is 5.73 Å². The van der Waals surface area contributed by atoms with Gasteiger partial charge in [-0.15, -0.1) is 0 Å². The highest BCUT2D eigenvalue weighted by Gasteiger charge is 2.17. The number of benzene rings is 1. The predicted octanol–water partition coefficient (Wildman–Crippen LogP) is 1.81. The Morgan fingerprint density at radius 2 is 2.21 bits per heavy atom. The Bertz CT molecular complexity index is 418. The summed E-state index contributed by atoms with van der Waals surface area (Å²) >= 11 is 0. The molecule has 0 aliphatic heterocycles. The van der Waals surface area contributed by atoms with Crippen molar-refractivity contribution in [3.05, 3.63) is 41.0 Å². The van der Waals surface area contributed by atoms with E-state index in [1.54, 1.807) is 6.08 Å². The second kappa shape index (κ2) is 3.29. The van der Waals surface area contributed by atoms with Gasteiger partial charge >= 0.3 is 0 Å². The molecule has 1 amide bonds. The van der Waals surface area contributed by atoms with E-state index in [0.717, 1.165) is 18.4 Å². The Kier molecular flexibility index (Phi) is 2.12. The smallest absolute Gasteiger partial charge is 0.241 e. The standard InChI is InChI=1S/C12H13NO/c1-8-3-2-4-9-5-6-10(12(8)9)7-11(13)14/h2-4,7H,5-6H2,1H3,(H2,13,14)/b10-7-. The van der Waals surface area contributed by atoms with E-state index in [1.807, 2.05) is 0 Å². The molecule has 0 heterocycles. The van der Waals surface area contributed by atoms with Crippen LogP contribution in [0.3, 0.4) is 0 Å². The van der Waals surface area contributed by atoms with Crippen LogP contribution in [0, 0.1) is 6.92 Å². The lowest BCUT2D eigenvalue weighted by molar-refractivity contribution is -0.113. The van der Waals surface area contributed by atoms with Gasteiger partial charge in [-0.2, -0.15) is 0 Å². The minimum atomic E-state index is -0.351. The SMILES string of the molecule is Cc1cccc2c1/C(=C\C(N)=O)CC2. The van der Waals surface area contributed by atoms with Gasteiger partial charge in [0.2, 0.25) is 5.91 Å². The minimum Gasteiger partial charge on any atom is -0.366 e. The van der Waals surface area contributed by atoms with Gasteiger partial charge in [0.25, 0.3) is 0 Å². The van der Waals surface area contributed by atoms with E-state index >= 15 is 0 Å². The van der Waals surface area contributed by atoms with Crippen LogP contribution in [0.5, 0.6) is 0 Å². The highest BCUT2D eigenvalue weighted by molar-refractivity contribution is 5.95. The van der Waals surface area contributed by atoms with Crippen molar-refractivity contribution in [3.63, 3.8) is 0 Å². The van der Waals surface area contributed by atoms with Crippen molar-refractivity contribution in [2.75, 3.05) is 0 Å². The van der Waals surface area contributed by atoms with Crippen LogP contribution in [0.4, 0.5) is 0 Å². The van der Waals surface area contributed by atoms with Crippen LogP contribution in [-0.4, -0.2) is 5.91 Å². The Morgan fingerprint density at radius 1 is 1.43 bits per heavy atom. The molecule has 0 unspecified atom stereocenters. The molecule has 2 nitrogen and oxygen atoms in total. The second-order valence-corrected chi connectivity index (χ2v) is 3.68. The molecule has 2 heteroatoms. The van der Waals surface area contributed by atoms with E-state index < -0.39 is 0 Å². The predicted molar refractivity (Wildman–Crippen MR) is 56.7 cm³/mol. The van der Waals surface area contributed by atoms with Crippen molar-refractivity contribution < 1.29 is 4.79 Å². The van der Waals surface area contributed by atoms with Crippen molar-refractivity contribution in [3.8, 4) is 0 Å². The van der Waals surface area contributed by atoms with E-state index in [9.17, 15) is 4.79 Å². The molecule has 0 spiro atoms. The number of rotatable bonds is 1. The van der Waals surface area contributed by atoms with Crippen LogP contribution < -0.4 is 5.73 Å². The highest BCUT2D eigenvalue weighted by Crippen LogP contribution is 2.34. The number of fused-ring (bicyclic) bond motifs is 1. The monoisotopic (exact) mass is 187 g/mol. The summed E-state index contributed by atoms with van der Waals surface area (Å²) in [5.41, 5.74) is 10.0. The number of allylic oxidation sites excluding steroid dienone is 1. The maximum Gasteiger partial charge on any atom is 0.241 e. The zero-order valence-corrected chi connectivity index (χ0v) is 8.21. The Labute approximate surface area is 83.4 Å². The molecule has 2 rings (SSSR count). The Balaban J connectivity index is 2.53. The number of carbonyl (C=O) groups is 1. The zero-order valence-electron chi connectivity index (χ0n) is 8.21. The molecule has 0 saturated carbocycles. The first kappa shape index (κ1) is 9.00. The third-order valence-electron chi connectivity index (χ3n) is 2.66. The van der Waals surface area contributed by atoms with E-state index in [-0.39, 0.29) is 5.91 Å². The highest BCUT2D eigenvalue weighted by atomic mass is 16.1. The van der Waals surface area contributed by atoms with E-state index in [2.05, 4.69) is 25.1 Å². The minimum absolute atomic E-state index is 0.351. The summed E-state index contributed by atoms with van der Waals surface area (Å²) in [6, 6.07) is 6.24. The van der Waals surface area contributed by atoms with Gasteiger partial charge in [0, 0.05) is 6.08 Å². The molecule has 72 valence electrons. The van der Waals surface area contributed by atoms with E-state index in [4.69, 9.17) is 5.73 Å². The molecule has 0 atom stereocenters. The first-order valence-corrected chi connectivity index (χ1v) is 4.77. The number of hydrogen-bond donors (Lipinski definition) is 1. The van der Waals surface area contributed by atoms with Crippen molar-refractivity contribution >= 4 is 11.5 Å². The van der Waals surface area contributed by atoms with E-state index in [1.165, 1.54) is 16.7 Å². The summed E-state index contributed by atoms with van der Waals surface area (Å²) in [6.07, 6.45) is 3.51. The first-order valence-electron chi connectivity index (χ1n) is 4.77. The zero-order chi connectivity index (χ0) is 10.1. The van der Waals surface area contributed by atoms with Gasteiger partial charge in [0.05, 0.1) is 0 Å². The lowest BCUT2D eigenvalue weighted by Gasteiger charge is -2.04. The summed E-state index contributed by atoms with van der Waals surface area (Å²) < 4.78 is 0. The molecule has 1 aliphatic carbocycles. The van der Waals surface area contributed by atoms with Crippen LogP contribution in [-0.2, 0) is 11.2 Å². The quantitative estimate of drug-likeness (QED) is 0.669. The number of nitrogens with two attached hydrogens (primary N) is 1. The van der Waals surface area contributed by atoms with Crippen LogP contribution in [0.1, 0.15) is 23.1 Å². The molecule has 0 radical (unpaired) electrons. The van der Waals surface area contributed by atoms with Crippen molar-refractivity contribution in [1.82, 2.24) is 0 Å². The lowest BCUT2D eigenvalue weighted by Crippen LogP contribution is -2.06. The number of primary amides is 1. The normalized spacial score (nSPS) is 17.1. The Morgan fingerprint density at radius 3 is 2.93 bits per heavy atom. The first-order chi connectivity index (χ1) is 6.68. The maximum absolute atomic E-state index is 10.8. The maximum atomic E-state index is 10.8. The van der Waals surface area contributed by atoms with Gasteiger partial charge in [-0.1, -0.05) is 18.2 Å². The average molecular weight is 187 g/mol. The van der Waals surface area contributed by atoms with Crippen LogP contribution >= 0.6 is 0 Å². The summed E-state index contributed by atoms with van der Waals surface area (Å²) in [7, 11) is 0. The molecule has 0 bridgehead atoms. The van der Waals surface area contributed by atoms with Gasteiger partial charge in [0.15, 0.2) is 0 Å². The van der Waals surface area contributed by atoms with Gasteiger partial charge in [-0.25, -0.2) is 0 Å². The molecular weight excluding hydrogens is 174 g/mol. The van der Waals surface area contributed by atoms with Crippen LogP contribution in [0.15, 0.2) is 24.3 Å². The van der Waals surface area contributed by atoms with Crippen LogP contribution in [0.25, 0.3) is 5.57 Å². The topological polar surface area (TPSA) is 43.1 Å². The molecule has 1 aromatic carbocycles. The van der Waals surface area contributed by atoms with Crippen molar-refractivity contribution in [1.29, 1.82) is 0 Å². The largest absolute Gasteiger partial charge is 0.366 e. The number of hydrogen-bond acceptors (Lipinski definition) is 1. The fourth-order valence-corrected chi connectivity index (χ4v) is 2.11. The van der Waals surface area contributed by atoms with Crippen LogP contribution in [0.2, 0.25) is 0 Å². The summed E-state index contributed by atoms with van der Waals surface area (Å²) in [5.74, 6) is -0.351. The van der Waals surface area contributed by atoms with Gasteiger partial charge in [-0.05, 0) is 42.0 Å². The summed E-state index contributed by atoms with van der Waals surface area (Å²) in [6.45, 7) is 2.07. The second-order valence-electron chi connectivity index (χ2n) is 3.68. The molecule has 1 aliphatic rings. The molecule has 14 heavy (non-hydrogen) atoms. The summed E-state index contributed by atoms with van der Waals surface area (Å²) in [4.78, 5) is 10.8. The Hall–Kier alpha value is -1.57. The average Bonchev–Trinajstić information content (AvgIpc) is 2.49. The number of carbonyl (C=O) groups excluding carboxylic acids is 1. The molecule has 0 fully saturated rings. The van der Waals surface area contributed by atoms with Gasteiger partial charge in [0.1, 0.15) is 0 Å².